The Balaban J connectivity index is 2.51. The fraction of sp³-hybridized carbons (Fsp3) is 0.250. The SMILES string of the molecule is COc1ccc([C@@](C)(O)c2cc(F)cc(Br)c2)cc1C. The maximum absolute atomic E-state index is 13.5. The average molecular weight is 339 g/mol. The van der Waals surface area contributed by atoms with Gasteiger partial charge in [-0.25, -0.2) is 4.39 Å². The third kappa shape index (κ3) is 2.86. The van der Waals surface area contributed by atoms with Crippen LogP contribution in [-0.2, 0) is 5.60 Å². The van der Waals surface area contributed by atoms with E-state index in [1.54, 1.807) is 32.2 Å². The van der Waals surface area contributed by atoms with Crippen LogP contribution in [0.1, 0.15) is 23.6 Å². The first-order valence-corrected chi connectivity index (χ1v) is 6.98. The highest BCUT2D eigenvalue weighted by Gasteiger charge is 2.27. The van der Waals surface area contributed by atoms with Crippen molar-refractivity contribution in [2.75, 3.05) is 7.11 Å². The van der Waals surface area contributed by atoms with Crippen molar-refractivity contribution in [3.05, 3.63) is 63.4 Å². The monoisotopic (exact) mass is 338 g/mol. The highest BCUT2D eigenvalue weighted by molar-refractivity contribution is 9.10. The summed E-state index contributed by atoms with van der Waals surface area (Å²) in [5.41, 5.74) is 0.824. The molecule has 0 heterocycles. The molecule has 4 heteroatoms. The van der Waals surface area contributed by atoms with Crippen LogP contribution in [0.15, 0.2) is 40.9 Å². The molecule has 0 amide bonds. The van der Waals surface area contributed by atoms with Gasteiger partial charge in [-0.1, -0.05) is 22.0 Å². The number of rotatable bonds is 3. The number of halogens is 2. The van der Waals surface area contributed by atoms with E-state index in [1.165, 1.54) is 12.1 Å². The quantitative estimate of drug-likeness (QED) is 0.910. The number of hydrogen-bond acceptors (Lipinski definition) is 2. The topological polar surface area (TPSA) is 29.5 Å². The largest absolute Gasteiger partial charge is 0.496 e. The van der Waals surface area contributed by atoms with Crippen molar-refractivity contribution in [1.29, 1.82) is 0 Å². The summed E-state index contributed by atoms with van der Waals surface area (Å²) in [5, 5.41) is 10.8. The molecular formula is C16H16BrFO2. The number of aryl methyl sites for hydroxylation is 1. The van der Waals surface area contributed by atoms with Gasteiger partial charge in [0.15, 0.2) is 0 Å². The minimum atomic E-state index is -1.28. The first-order valence-electron chi connectivity index (χ1n) is 6.18. The molecule has 106 valence electrons. The second-order valence-electron chi connectivity index (χ2n) is 4.91. The van der Waals surface area contributed by atoms with E-state index in [0.29, 0.717) is 15.6 Å². The molecular weight excluding hydrogens is 323 g/mol. The average Bonchev–Trinajstić information content (AvgIpc) is 2.37. The normalized spacial score (nSPS) is 13.9. The van der Waals surface area contributed by atoms with Crippen LogP contribution in [0.4, 0.5) is 4.39 Å². The number of hydrogen-bond donors (Lipinski definition) is 1. The first-order chi connectivity index (χ1) is 9.34. The molecule has 0 radical (unpaired) electrons. The maximum atomic E-state index is 13.5. The van der Waals surface area contributed by atoms with Crippen molar-refractivity contribution in [3.8, 4) is 5.75 Å². The summed E-state index contributed by atoms with van der Waals surface area (Å²) in [4.78, 5) is 0. The van der Waals surface area contributed by atoms with Gasteiger partial charge in [0.25, 0.3) is 0 Å². The van der Waals surface area contributed by atoms with Gasteiger partial charge in [-0.15, -0.1) is 0 Å². The van der Waals surface area contributed by atoms with Gasteiger partial charge in [-0.2, -0.15) is 0 Å². The lowest BCUT2D eigenvalue weighted by atomic mass is 9.87. The van der Waals surface area contributed by atoms with Crippen LogP contribution in [0.5, 0.6) is 5.75 Å². The van der Waals surface area contributed by atoms with Gasteiger partial charge in [0.1, 0.15) is 17.2 Å². The second kappa shape index (κ2) is 5.54. The fourth-order valence-corrected chi connectivity index (χ4v) is 2.65. The summed E-state index contributed by atoms with van der Waals surface area (Å²) in [7, 11) is 1.60. The third-order valence-electron chi connectivity index (χ3n) is 3.38. The molecule has 0 saturated heterocycles. The van der Waals surface area contributed by atoms with E-state index in [0.717, 1.165) is 11.3 Å². The lowest BCUT2D eigenvalue weighted by Gasteiger charge is -2.25. The molecule has 2 nitrogen and oxygen atoms in total. The summed E-state index contributed by atoms with van der Waals surface area (Å²) < 4.78 is 19.3. The Hall–Kier alpha value is -1.39. The Morgan fingerprint density at radius 1 is 1.15 bits per heavy atom. The molecule has 20 heavy (non-hydrogen) atoms. The van der Waals surface area contributed by atoms with Crippen molar-refractivity contribution >= 4 is 15.9 Å². The molecule has 2 aromatic rings. The van der Waals surface area contributed by atoms with Crippen molar-refractivity contribution in [3.63, 3.8) is 0 Å². The molecule has 0 spiro atoms. The Kier molecular flexibility index (Phi) is 4.16. The Labute approximate surface area is 126 Å². The Morgan fingerprint density at radius 2 is 1.85 bits per heavy atom. The zero-order chi connectivity index (χ0) is 14.9. The van der Waals surface area contributed by atoms with Crippen LogP contribution in [0, 0.1) is 12.7 Å². The molecule has 0 unspecified atom stereocenters. The second-order valence-corrected chi connectivity index (χ2v) is 5.83. The zero-order valence-corrected chi connectivity index (χ0v) is 13.2. The highest BCUT2D eigenvalue weighted by Crippen LogP contribution is 2.33. The van der Waals surface area contributed by atoms with Crippen molar-refractivity contribution in [2.45, 2.75) is 19.4 Å². The maximum Gasteiger partial charge on any atom is 0.124 e. The van der Waals surface area contributed by atoms with E-state index in [2.05, 4.69) is 15.9 Å². The van der Waals surface area contributed by atoms with E-state index >= 15 is 0 Å². The van der Waals surface area contributed by atoms with Crippen molar-refractivity contribution in [2.24, 2.45) is 0 Å². The number of ether oxygens (including phenoxy) is 1. The number of benzene rings is 2. The smallest absolute Gasteiger partial charge is 0.124 e. The van der Waals surface area contributed by atoms with Crippen LogP contribution in [0.25, 0.3) is 0 Å². The van der Waals surface area contributed by atoms with E-state index in [9.17, 15) is 9.50 Å². The van der Waals surface area contributed by atoms with Crippen molar-refractivity contribution < 1.29 is 14.2 Å². The zero-order valence-electron chi connectivity index (χ0n) is 11.6. The lowest BCUT2D eigenvalue weighted by molar-refractivity contribution is 0.102. The van der Waals surface area contributed by atoms with Gasteiger partial charge in [0, 0.05) is 4.47 Å². The first kappa shape index (κ1) is 15.0. The van der Waals surface area contributed by atoms with E-state index < -0.39 is 5.60 Å². The van der Waals surface area contributed by atoms with Crippen LogP contribution in [-0.4, -0.2) is 12.2 Å². The molecule has 1 N–H and O–H groups in total. The minimum Gasteiger partial charge on any atom is -0.496 e. The molecule has 0 bridgehead atoms. The van der Waals surface area contributed by atoms with Crippen LogP contribution in [0.2, 0.25) is 0 Å². The lowest BCUT2D eigenvalue weighted by Crippen LogP contribution is -2.23. The molecule has 0 aliphatic heterocycles. The molecule has 0 aromatic heterocycles. The van der Waals surface area contributed by atoms with Gasteiger partial charge in [-0.3, -0.25) is 0 Å². The fourth-order valence-electron chi connectivity index (χ4n) is 2.18. The van der Waals surface area contributed by atoms with E-state index in [4.69, 9.17) is 4.74 Å². The van der Waals surface area contributed by atoms with E-state index in [1.807, 2.05) is 13.0 Å². The molecule has 0 saturated carbocycles. The molecule has 2 aromatic carbocycles. The summed E-state index contributed by atoms with van der Waals surface area (Å²) in [6.07, 6.45) is 0. The predicted molar refractivity (Wildman–Crippen MR) is 80.5 cm³/mol. The van der Waals surface area contributed by atoms with Gasteiger partial charge < -0.3 is 9.84 Å². The predicted octanol–water partition coefficient (Wildman–Crippen LogP) is 4.16. The number of aliphatic hydroxyl groups is 1. The van der Waals surface area contributed by atoms with Gasteiger partial charge >= 0.3 is 0 Å². The third-order valence-corrected chi connectivity index (χ3v) is 3.84. The van der Waals surface area contributed by atoms with Gasteiger partial charge in [0.05, 0.1) is 7.11 Å². The summed E-state index contributed by atoms with van der Waals surface area (Å²) in [5.74, 6) is 0.366. The molecule has 2 rings (SSSR count). The summed E-state index contributed by atoms with van der Waals surface area (Å²) >= 11 is 3.24. The molecule has 0 aliphatic rings. The van der Waals surface area contributed by atoms with Crippen LogP contribution >= 0.6 is 15.9 Å². The Morgan fingerprint density at radius 3 is 2.40 bits per heavy atom. The van der Waals surface area contributed by atoms with Gasteiger partial charge in [-0.05, 0) is 60.9 Å². The van der Waals surface area contributed by atoms with Crippen LogP contribution < -0.4 is 4.74 Å². The summed E-state index contributed by atoms with van der Waals surface area (Å²) in [6, 6.07) is 9.83. The molecule has 1 atom stereocenters. The Bertz CT molecular complexity index is 618. The minimum absolute atomic E-state index is 0.389. The highest BCUT2D eigenvalue weighted by atomic mass is 79.9. The number of methoxy groups -OCH3 is 1. The molecule has 0 fully saturated rings. The van der Waals surface area contributed by atoms with Crippen LogP contribution in [0.3, 0.4) is 0 Å². The van der Waals surface area contributed by atoms with Gasteiger partial charge in [0.2, 0.25) is 0 Å². The van der Waals surface area contributed by atoms with E-state index in [-0.39, 0.29) is 5.82 Å². The summed E-state index contributed by atoms with van der Waals surface area (Å²) in [6.45, 7) is 3.55. The van der Waals surface area contributed by atoms with Crippen molar-refractivity contribution in [1.82, 2.24) is 0 Å². The molecule has 0 aliphatic carbocycles. The standard InChI is InChI=1S/C16H16BrFO2/c1-10-6-11(4-5-15(10)20-3)16(2,19)12-7-13(17)9-14(18)8-12/h4-9,19H,1-3H3/t16-/m1/s1.